The minimum atomic E-state index is 0.882. The van der Waals surface area contributed by atoms with E-state index in [1.807, 2.05) is 12.3 Å². The van der Waals surface area contributed by atoms with Gasteiger partial charge in [-0.15, -0.1) is 0 Å². The van der Waals surface area contributed by atoms with E-state index in [2.05, 4.69) is 4.99 Å². The second-order valence-corrected chi connectivity index (χ2v) is 2.43. The number of ether oxygens (including phenoxy) is 1. The molecular formula is C8H9NO. The van der Waals surface area contributed by atoms with Crippen LogP contribution >= 0.6 is 0 Å². The summed E-state index contributed by atoms with van der Waals surface area (Å²) < 4.78 is 5.29. The Morgan fingerprint density at radius 3 is 3.40 bits per heavy atom. The molecule has 0 unspecified atom stereocenters. The van der Waals surface area contributed by atoms with Crippen molar-refractivity contribution in [3.63, 3.8) is 0 Å². The second kappa shape index (κ2) is 2.29. The molecule has 0 fully saturated rings. The molecule has 0 radical (unpaired) electrons. The number of allylic oxidation sites excluding steroid dienone is 2. The van der Waals surface area contributed by atoms with Crippen molar-refractivity contribution in [3.05, 3.63) is 23.7 Å². The normalized spacial score (nSPS) is 22.4. The van der Waals surface area contributed by atoms with E-state index in [-0.39, 0.29) is 0 Å². The number of dihydropyridines is 1. The maximum absolute atomic E-state index is 5.29. The fourth-order valence-corrected chi connectivity index (χ4v) is 1.18. The third-order valence-electron chi connectivity index (χ3n) is 1.72. The standard InChI is InChI=1S/C8H9NO/c1-2-7-6-9-4-3-8(7)10-5-1/h1,5-6H,2-4H2. The van der Waals surface area contributed by atoms with Crippen molar-refractivity contribution in [1.82, 2.24) is 0 Å². The van der Waals surface area contributed by atoms with E-state index in [0.29, 0.717) is 0 Å². The van der Waals surface area contributed by atoms with Gasteiger partial charge in [0.1, 0.15) is 5.76 Å². The molecule has 2 heteroatoms. The number of hydrogen-bond donors (Lipinski definition) is 0. The summed E-state index contributed by atoms with van der Waals surface area (Å²) in [6.45, 7) is 0.882. The third kappa shape index (κ3) is 0.856. The average molecular weight is 135 g/mol. The minimum absolute atomic E-state index is 0.882. The quantitative estimate of drug-likeness (QED) is 0.495. The number of nitrogens with zero attached hydrogens (tertiary/aromatic N) is 1. The van der Waals surface area contributed by atoms with Gasteiger partial charge in [-0.1, -0.05) is 0 Å². The van der Waals surface area contributed by atoms with Crippen molar-refractivity contribution in [1.29, 1.82) is 0 Å². The van der Waals surface area contributed by atoms with E-state index in [4.69, 9.17) is 4.74 Å². The summed E-state index contributed by atoms with van der Waals surface area (Å²) in [5.41, 5.74) is 1.24. The van der Waals surface area contributed by atoms with E-state index in [1.54, 1.807) is 6.26 Å². The van der Waals surface area contributed by atoms with Crippen LogP contribution in [-0.2, 0) is 4.74 Å². The van der Waals surface area contributed by atoms with E-state index in [1.165, 1.54) is 5.57 Å². The molecule has 2 rings (SSSR count). The maximum atomic E-state index is 5.29. The lowest BCUT2D eigenvalue weighted by molar-refractivity contribution is 0.321. The van der Waals surface area contributed by atoms with Crippen LogP contribution in [0.25, 0.3) is 0 Å². The average Bonchev–Trinajstić information content (AvgIpc) is 2.05. The van der Waals surface area contributed by atoms with Crippen molar-refractivity contribution in [3.8, 4) is 0 Å². The van der Waals surface area contributed by atoms with Gasteiger partial charge in [0.15, 0.2) is 0 Å². The van der Waals surface area contributed by atoms with Gasteiger partial charge in [-0.2, -0.15) is 0 Å². The third-order valence-corrected chi connectivity index (χ3v) is 1.72. The van der Waals surface area contributed by atoms with Gasteiger partial charge in [0.2, 0.25) is 0 Å². The largest absolute Gasteiger partial charge is 0.469 e. The zero-order valence-electron chi connectivity index (χ0n) is 5.71. The Kier molecular flexibility index (Phi) is 1.31. The van der Waals surface area contributed by atoms with Crippen LogP contribution in [0, 0.1) is 0 Å². The van der Waals surface area contributed by atoms with Gasteiger partial charge in [-0.25, -0.2) is 0 Å². The van der Waals surface area contributed by atoms with Gasteiger partial charge in [-0.3, -0.25) is 4.99 Å². The highest BCUT2D eigenvalue weighted by Gasteiger charge is 2.10. The predicted molar refractivity (Wildman–Crippen MR) is 39.8 cm³/mol. The van der Waals surface area contributed by atoms with Crippen molar-refractivity contribution in [2.75, 3.05) is 6.54 Å². The highest BCUT2D eigenvalue weighted by Crippen LogP contribution is 2.20. The lowest BCUT2D eigenvalue weighted by Gasteiger charge is -2.16. The van der Waals surface area contributed by atoms with E-state index in [9.17, 15) is 0 Å². The molecule has 0 spiro atoms. The summed E-state index contributed by atoms with van der Waals surface area (Å²) in [5, 5.41) is 0. The molecule has 2 nitrogen and oxygen atoms in total. The molecule has 0 aromatic carbocycles. The smallest absolute Gasteiger partial charge is 0.110 e. The lowest BCUT2D eigenvalue weighted by atomic mass is 10.1. The molecular weight excluding hydrogens is 126 g/mol. The zero-order valence-corrected chi connectivity index (χ0v) is 5.71. The number of aliphatic imine (C=N–C) groups is 1. The zero-order chi connectivity index (χ0) is 6.81. The van der Waals surface area contributed by atoms with E-state index in [0.717, 1.165) is 25.1 Å². The summed E-state index contributed by atoms with van der Waals surface area (Å²) in [4.78, 5) is 4.16. The van der Waals surface area contributed by atoms with Gasteiger partial charge in [0.05, 0.1) is 6.26 Å². The van der Waals surface area contributed by atoms with Crippen LogP contribution in [0.5, 0.6) is 0 Å². The van der Waals surface area contributed by atoms with Crippen LogP contribution in [0.3, 0.4) is 0 Å². The fraction of sp³-hybridized carbons (Fsp3) is 0.375. The van der Waals surface area contributed by atoms with Crippen LogP contribution in [0.4, 0.5) is 0 Å². The summed E-state index contributed by atoms with van der Waals surface area (Å²) in [7, 11) is 0. The van der Waals surface area contributed by atoms with Crippen molar-refractivity contribution < 1.29 is 4.74 Å². The molecule has 0 saturated heterocycles. The molecule has 0 aromatic rings. The molecule has 0 atom stereocenters. The van der Waals surface area contributed by atoms with Crippen LogP contribution in [-0.4, -0.2) is 12.8 Å². The molecule has 2 heterocycles. The summed E-state index contributed by atoms with van der Waals surface area (Å²) in [5.74, 6) is 1.11. The molecule has 10 heavy (non-hydrogen) atoms. The molecule has 0 N–H and O–H groups in total. The molecule has 0 saturated carbocycles. The first-order valence-corrected chi connectivity index (χ1v) is 3.50. The molecule has 0 aromatic heterocycles. The van der Waals surface area contributed by atoms with Crippen LogP contribution in [0.15, 0.2) is 28.7 Å². The van der Waals surface area contributed by atoms with Gasteiger partial charge in [-0.05, 0) is 12.5 Å². The van der Waals surface area contributed by atoms with Crippen LogP contribution in [0.1, 0.15) is 12.8 Å². The molecule has 0 aliphatic carbocycles. The van der Waals surface area contributed by atoms with Crippen molar-refractivity contribution in [2.45, 2.75) is 12.8 Å². The van der Waals surface area contributed by atoms with E-state index < -0.39 is 0 Å². The van der Waals surface area contributed by atoms with Gasteiger partial charge >= 0.3 is 0 Å². The summed E-state index contributed by atoms with van der Waals surface area (Å²) in [6.07, 6.45) is 7.64. The monoisotopic (exact) mass is 135 g/mol. The van der Waals surface area contributed by atoms with Gasteiger partial charge in [0.25, 0.3) is 0 Å². The number of rotatable bonds is 0. The molecule has 0 amide bonds. The molecule has 2 aliphatic rings. The molecule has 0 bridgehead atoms. The Bertz CT molecular complexity index is 225. The predicted octanol–water partition coefficient (Wildman–Crippen LogP) is 1.65. The summed E-state index contributed by atoms with van der Waals surface area (Å²) >= 11 is 0. The minimum Gasteiger partial charge on any atom is -0.469 e. The van der Waals surface area contributed by atoms with E-state index >= 15 is 0 Å². The van der Waals surface area contributed by atoms with Gasteiger partial charge in [0, 0.05) is 24.8 Å². The summed E-state index contributed by atoms with van der Waals surface area (Å²) in [6, 6.07) is 0. The maximum Gasteiger partial charge on any atom is 0.110 e. The topological polar surface area (TPSA) is 21.6 Å². The first kappa shape index (κ1) is 5.71. The second-order valence-electron chi connectivity index (χ2n) is 2.43. The SMILES string of the molecule is C1=COC2=C(C=NCC2)C1. The Morgan fingerprint density at radius 2 is 2.50 bits per heavy atom. The first-order valence-electron chi connectivity index (χ1n) is 3.50. The van der Waals surface area contributed by atoms with Crippen molar-refractivity contribution >= 4 is 6.21 Å². The molecule has 2 aliphatic heterocycles. The Balaban J connectivity index is 2.25. The van der Waals surface area contributed by atoms with Gasteiger partial charge < -0.3 is 4.74 Å². The molecule has 52 valence electrons. The van der Waals surface area contributed by atoms with Crippen molar-refractivity contribution in [2.24, 2.45) is 4.99 Å². The van der Waals surface area contributed by atoms with Crippen LogP contribution < -0.4 is 0 Å². The highest BCUT2D eigenvalue weighted by atomic mass is 16.5. The Hall–Kier alpha value is -1.05. The Labute approximate surface area is 59.9 Å². The highest BCUT2D eigenvalue weighted by molar-refractivity contribution is 5.80. The number of hydrogen-bond acceptors (Lipinski definition) is 2. The fourth-order valence-electron chi connectivity index (χ4n) is 1.18. The lowest BCUT2D eigenvalue weighted by Crippen LogP contribution is -2.05. The van der Waals surface area contributed by atoms with Crippen LogP contribution in [0.2, 0.25) is 0 Å². The first-order chi connectivity index (χ1) is 4.97. The Morgan fingerprint density at radius 1 is 1.50 bits per heavy atom.